The van der Waals surface area contributed by atoms with E-state index < -0.39 is 54.2 Å². The molecule has 0 fully saturated rings. The normalized spacial score (nSPS) is 12.4. The molecule has 12 heteroatoms. The van der Waals surface area contributed by atoms with E-state index in [1.54, 1.807) is 12.1 Å². The molecule has 4 amide bonds. The van der Waals surface area contributed by atoms with E-state index in [1.807, 2.05) is 13.8 Å². The van der Waals surface area contributed by atoms with Crippen molar-refractivity contribution in [3.05, 3.63) is 41.5 Å². The Bertz CT molecular complexity index is 1000. The third-order valence-corrected chi connectivity index (χ3v) is 5.08. The molecule has 0 bridgehead atoms. The first-order valence-corrected chi connectivity index (χ1v) is 11.6. The maximum atomic E-state index is 12.8. The van der Waals surface area contributed by atoms with Gasteiger partial charge in [-0.2, -0.15) is 0 Å². The summed E-state index contributed by atoms with van der Waals surface area (Å²) >= 11 is 0. The first-order chi connectivity index (χ1) is 17.5. The van der Waals surface area contributed by atoms with Crippen LogP contribution in [-0.4, -0.2) is 68.4 Å². The smallest absolute Gasteiger partial charge is 0.330 e. The second-order valence-corrected chi connectivity index (χ2v) is 8.49. The van der Waals surface area contributed by atoms with Gasteiger partial charge < -0.3 is 31.2 Å². The topological polar surface area (TPSA) is 183 Å². The van der Waals surface area contributed by atoms with Gasteiger partial charge in [-0.05, 0) is 42.5 Å². The Balaban J connectivity index is 2.77. The first-order valence-electron chi connectivity index (χ1n) is 11.6. The fourth-order valence-corrected chi connectivity index (χ4v) is 3.11. The van der Waals surface area contributed by atoms with Crippen LogP contribution in [0, 0.1) is 5.92 Å². The van der Waals surface area contributed by atoms with E-state index in [0.29, 0.717) is 12.0 Å². The van der Waals surface area contributed by atoms with Gasteiger partial charge in [0, 0.05) is 18.1 Å². The lowest BCUT2D eigenvalue weighted by molar-refractivity contribution is -0.141. The standard InChI is InChI=1S/C25H34N4O8/c1-15(2)13-19(23(26)33)29-25(35)18(10-12-22(32)37-4)28-20(30)14-27-24(34)17-8-5-16(6-9-17)7-11-21(31)36-3/h5-9,11,15,18-19H,10,12-14H2,1-4H3,(H2,26,33)(H,27,34)(H,28,30)(H,29,35)/b11-7+/t18-,19-/m0/s1. The minimum absolute atomic E-state index is 0.0639. The summed E-state index contributed by atoms with van der Waals surface area (Å²) in [5.41, 5.74) is 6.30. The number of esters is 2. The highest BCUT2D eigenvalue weighted by molar-refractivity contribution is 5.97. The molecule has 12 nitrogen and oxygen atoms in total. The van der Waals surface area contributed by atoms with Crippen molar-refractivity contribution in [1.82, 2.24) is 16.0 Å². The molecule has 1 aromatic rings. The van der Waals surface area contributed by atoms with E-state index in [0.717, 1.165) is 0 Å². The number of hydrogen-bond donors (Lipinski definition) is 4. The molecule has 0 aliphatic rings. The van der Waals surface area contributed by atoms with Gasteiger partial charge in [-0.25, -0.2) is 4.79 Å². The Hall–Kier alpha value is -4.22. The lowest BCUT2D eigenvalue weighted by Crippen LogP contribution is -2.54. The maximum Gasteiger partial charge on any atom is 0.330 e. The van der Waals surface area contributed by atoms with Crippen LogP contribution in [0.25, 0.3) is 6.08 Å². The van der Waals surface area contributed by atoms with Crippen LogP contribution in [-0.2, 0) is 33.4 Å². The largest absolute Gasteiger partial charge is 0.469 e. The van der Waals surface area contributed by atoms with Crippen molar-refractivity contribution >= 4 is 41.6 Å². The predicted octanol–water partition coefficient (Wildman–Crippen LogP) is 0.0568. The van der Waals surface area contributed by atoms with E-state index in [2.05, 4.69) is 25.4 Å². The zero-order chi connectivity index (χ0) is 28.0. The first kappa shape index (κ1) is 30.8. The van der Waals surface area contributed by atoms with Crippen LogP contribution in [0.1, 0.15) is 49.0 Å². The second kappa shape index (κ2) is 15.7. The summed E-state index contributed by atoms with van der Waals surface area (Å²) in [6.45, 7) is 3.26. The molecule has 0 saturated heterocycles. The number of nitrogens with one attached hydrogen (secondary N) is 3. The molecule has 0 heterocycles. The lowest BCUT2D eigenvalue weighted by Gasteiger charge is -2.22. The summed E-state index contributed by atoms with van der Waals surface area (Å²) in [5.74, 6) is -3.68. The van der Waals surface area contributed by atoms with Crippen LogP contribution in [0.5, 0.6) is 0 Å². The van der Waals surface area contributed by atoms with Crippen molar-refractivity contribution in [3.8, 4) is 0 Å². The number of rotatable bonds is 14. The molecule has 1 aromatic carbocycles. The van der Waals surface area contributed by atoms with Gasteiger partial charge in [0.2, 0.25) is 17.7 Å². The Morgan fingerprint density at radius 2 is 1.59 bits per heavy atom. The Labute approximate surface area is 215 Å². The van der Waals surface area contributed by atoms with Crippen LogP contribution in [0.2, 0.25) is 0 Å². The van der Waals surface area contributed by atoms with E-state index in [9.17, 15) is 28.8 Å². The minimum atomic E-state index is -1.17. The quantitative estimate of drug-likeness (QED) is 0.197. The highest BCUT2D eigenvalue weighted by Crippen LogP contribution is 2.08. The van der Waals surface area contributed by atoms with E-state index in [1.165, 1.54) is 38.5 Å². The number of benzene rings is 1. The van der Waals surface area contributed by atoms with Crippen LogP contribution >= 0.6 is 0 Å². The van der Waals surface area contributed by atoms with Crippen LogP contribution in [0.3, 0.4) is 0 Å². The average molecular weight is 519 g/mol. The predicted molar refractivity (Wildman–Crippen MR) is 134 cm³/mol. The number of hydrogen-bond acceptors (Lipinski definition) is 8. The minimum Gasteiger partial charge on any atom is -0.469 e. The van der Waals surface area contributed by atoms with Gasteiger partial charge in [-0.15, -0.1) is 0 Å². The van der Waals surface area contributed by atoms with Crippen molar-refractivity contribution in [2.75, 3.05) is 20.8 Å². The fourth-order valence-electron chi connectivity index (χ4n) is 3.11. The lowest BCUT2D eigenvalue weighted by atomic mass is 10.0. The SMILES string of the molecule is COC(=O)/C=C/c1ccc(C(=O)NCC(=O)N[C@@H](CCC(=O)OC)C(=O)N[C@@H](CC(C)C)C(N)=O)cc1. The summed E-state index contributed by atoms with van der Waals surface area (Å²) in [6.07, 6.45) is 2.80. The molecule has 1 rings (SSSR count). The molecule has 0 aliphatic carbocycles. The number of carbonyl (C=O) groups excluding carboxylic acids is 6. The zero-order valence-electron chi connectivity index (χ0n) is 21.4. The maximum absolute atomic E-state index is 12.8. The van der Waals surface area contributed by atoms with Gasteiger partial charge in [-0.3, -0.25) is 24.0 Å². The van der Waals surface area contributed by atoms with Gasteiger partial charge in [0.25, 0.3) is 5.91 Å². The zero-order valence-corrected chi connectivity index (χ0v) is 21.4. The van der Waals surface area contributed by atoms with Gasteiger partial charge in [-0.1, -0.05) is 26.0 Å². The van der Waals surface area contributed by atoms with Crippen LogP contribution in [0.4, 0.5) is 0 Å². The summed E-state index contributed by atoms with van der Waals surface area (Å²) in [6, 6.07) is 4.11. The third-order valence-electron chi connectivity index (χ3n) is 5.08. The molecule has 5 N–H and O–H groups in total. The molecule has 37 heavy (non-hydrogen) atoms. The van der Waals surface area contributed by atoms with E-state index in [-0.39, 0.29) is 24.3 Å². The van der Waals surface area contributed by atoms with Gasteiger partial charge >= 0.3 is 11.9 Å². The number of carbonyl (C=O) groups is 6. The number of amides is 4. The van der Waals surface area contributed by atoms with Gasteiger partial charge in [0.1, 0.15) is 12.1 Å². The number of nitrogens with two attached hydrogens (primary N) is 1. The second-order valence-electron chi connectivity index (χ2n) is 8.49. The summed E-state index contributed by atoms with van der Waals surface area (Å²) in [7, 11) is 2.45. The monoisotopic (exact) mass is 518 g/mol. The molecule has 0 spiro atoms. The average Bonchev–Trinajstić information content (AvgIpc) is 2.87. The van der Waals surface area contributed by atoms with Crippen LogP contribution in [0.15, 0.2) is 30.3 Å². The van der Waals surface area contributed by atoms with Gasteiger partial charge in [0.05, 0.1) is 20.8 Å². The molecule has 0 radical (unpaired) electrons. The molecule has 0 unspecified atom stereocenters. The van der Waals surface area contributed by atoms with E-state index in [4.69, 9.17) is 5.73 Å². The fraction of sp³-hybridized carbons (Fsp3) is 0.440. The van der Waals surface area contributed by atoms with Crippen molar-refractivity contribution in [3.63, 3.8) is 0 Å². The highest BCUT2D eigenvalue weighted by atomic mass is 16.5. The Morgan fingerprint density at radius 3 is 2.14 bits per heavy atom. The van der Waals surface area contributed by atoms with Crippen LogP contribution < -0.4 is 21.7 Å². The molecular weight excluding hydrogens is 484 g/mol. The Kier molecular flexibility index (Phi) is 13.1. The van der Waals surface area contributed by atoms with Crippen molar-refractivity contribution < 1.29 is 38.2 Å². The third kappa shape index (κ3) is 11.8. The van der Waals surface area contributed by atoms with Gasteiger partial charge in [0.15, 0.2) is 0 Å². The van der Waals surface area contributed by atoms with Crippen molar-refractivity contribution in [2.45, 2.75) is 45.2 Å². The molecule has 202 valence electrons. The molecular formula is C25H34N4O8. The molecule has 0 aromatic heterocycles. The number of methoxy groups -OCH3 is 2. The Morgan fingerprint density at radius 1 is 0.946 bits per heavy atom. The molecule has 0 aliphatic heterocycles. The van der Waals surface area contributed by atoms with Crippen molar-refractivity contribution in [1.29, 1.82) is 0 Å². The highest BCUT2D eigenvalue weighted by Gasteiger charge is 2.27. The summed E-state index contributed by atoms with van der Waals surface area (Å²) < 4.78 is 9.10. The number of primary amides is 1. The summed E-state index contributed by atoms with van der Waals surface area (Å²) in [4.78, 5) is 72.1. The summed E-state index contributed by atoms with van der Waals surface area (Å²) in [5, 5.41) is 7.42. The van der Waals surface area contributed by atoms with Crippen molar-refractivity contribution in [2.24, 2.45) is 11.7 Å². The number of ether oxygens (including phenoxy) is 2. The molecule has 0 saturated carbocycles. The van der Waals surface area contributed by atoms with E-state index >= 15 is 0 Å². The molecule has 2 atom stereocenters.